The standard InChI is InChI=1S/C21H23N3O2S/c1-16-4-3-5-20(24-16)25-10-7-17-6-9-23-21(13-17)26-11-8-18-12-19(27-2)15-22-14-18/h3-6,9,12-15H,7-8,10-11H2,1-2H3. The molecule has 0 spiro atoms. The molecule has 0 fully saturated rings. The third-order valence-electron chi connectivity index (χ3n) is 3.95. The average molecular weight is 382 g/mol. The van der Waals surface area contributed by atoms with Gasteiger partial charge >= 0.3 is 0 Å². The van der Waals surface area contributed by atoms with Crippen LogP contribution in [0.2, 0.25) is 0 Å². The highest BCUT2D eigenvalue weighted by atomic mass is 32.2. The molecule has 6 heteroatoms. The number of ether oxygens (including phenoxy) is 2. The number of thioether (sulfide) groups is 1. The molecule has 0 aliphatic heterocycles. The monoisotopic (exact) mass is 381 g/mol. The first-order valence-electron chi connectivity index (χ1n) is 8.85. The first kappa shape index (κ1) is 19.2. The van der Waals surface area contributed by atoms with Gasteiger partial charge in [-0.2, -0.15) is 0 Å². The second-order valence-corrected chi connectivity index (χ2v) is 6.93. The van der Waals surface area contributed by atoms with Crippen LogP contribution in [0, 0.1) is 6.92 Å². The number of aromatic nitrogens is 3. The van der Waals surface area contributed by atoms with Crippen LogP contribution in [0.4, 0.5) is 0 Å². The second kappa shape index (κ2) is 9.92. The van der Waals surface area contributed by atoms with Crippen LogP contribution in [0.5, 0.6) is 11.8 Å². The highest BCUT2D eigenvalue weighted by molar-refractivity contribution is 7.98. The number of rotatable bonds is 9. The molecule has 0 atom stereocenters. The Kier molecular flexibility index (Phi) is 7.04. The molecule has 3 heterocycles. The molecule has 0 aliphatic carbocycles. The molecule has 140 valence electrons. The molecule has 0 N–H and O–H groups in total. The van der Waals surface area contributed by atoms with E-state index in [1.165, 1.54) is 0 Å². The highest BCUT2D eigenvalue weighted by Crippen LogP contribution is 2.15. The quantitative estimate of drug-likeness (QED) is 0.519. The smallest absolute Gasteiger partial charge is 0.213 e. The topological polar surface area (TPSA) is 57.1 Å². The summed E-state index contributed by atoms with van der Waals surface area (Å²) in [6.07, 6.45) is 9.14. The lowest BCUT2D eigenvalue weighted by atomic mass is 10.2. The van der Waals surface area contributed by atoms with Crippen molar-refractivity contribution < 1.29 is 9.47 Å². The molecular weight excluding hydrogens is 358 g/mol. The molecule has 0 bridgehead atoms. The molecule has 0 radical (unpaired) electrons. The summed E-state index contributed by atoms with van der Waals surface area (Å²) in [5.41, 5.74) is 3.24. The van der Waals surface area contributed by atoms with Crippen molar-refractivity contribution in [2.45, 2.75) is 24.7 Å². The molecule has 27 heavy (non-hydrogen) atoms. The van der Waals surface area contributed by atoms with Gasteiger partial charge in [-0.05, 0) is 42.5 Å². The Morgan fingerprint density at radius 1 is 0.926 bits per heavy atom. The van der Waals surface area contributed by atoms with Gasteiger partial charge in [0.05, 0.1) is 13.2 Å². The molecule has 3 aromatic rings. The molecule has 3 rings (SSSR count). The van der Waals surface area contributed by atoms with Crippen molar-refractivity contribution in [3.8, 4) is 11.8 Å². The van der Waals surface area contributed by atoms with Crippen LogP contribution in [0.15, 0.2) is 59.9 Å². The van der Waals surface area contributed by atoms with Crippen LogP contribution in [0.3, 0.4) is 0 Å². The van der Waals surface area contributed by atoms with Gasteiger partial charge in [-0.3, -0.25) is 4.98 Å². The molecule has 5 nitrogen and oxygen atoms in total. The minimum absolute atomic E-state index is 0.563. The molecule has 0 aliphatic rings. The van der Waals surface area contributed by atoms with E-state index in [4.69, 9.17) is 9.47 Å². The van der Waals surface area contributed by atoms with E-state index in [1.54, 1.807) is 18.0 Å². The van der Waals surface area contributed by atoms with Crippen LogP contribution in [0.1, 0.15) is 16.8 Å². The van der Waals surface area contributed by atoms with E-state index in [2.05, 4.69) is 21.0 Å². The SMILES string of the molecule is CSc1cncc(CCOc2cc(CCOc3cccc(C)n3)ccn2)c1. The van der Waals surface area contributed by atoms with E-state index in [-0.39, 0.29) is 0 Å². The largest absolute Gasteiger partial charge is 0.477 e. The summed E-state index contributed by atoms with van der Waals surface area (Å²) in [6, 6.07) is 11.8. The van der Waals surface area contributed by atoms with Gasteiger partial charge in [-0.1, -0.05) is 6.07 Å². The third-order valence-corrected chi connectivity index (χ3v) is 4.64. The van der Waals surface area contributed by atoms with E-state index < -0.39 is 0 Å². The van der Waals surface area contributed by atoms with Gasteiger partial charge in [-0.15, -0.1) is 11.8 Å². The van der Waals surface area contributed by atoms with Crippen LogP contribution >= 0.6 is 11.8 Å². The number of pyridine rings is 3. The van der Waals surface area contributed by atoms with Gasteiger partial charge in [0.2, 0.25) is 11.8 Å². The normalized spacial score (nSPS) is 10.6. The second-order valence-electron chi connectivity index (χ2n) is 6.05. The zero-order chi connectivity index (χ0) is 18.9. The van der Waals surface area contributed by atoms with Crippen molar-refractivity contribution in [3.05, 3.63) is 71.8 Å². The number of hydrogen-bond acceptors (Lipinski definition) is 6. The van der Waals surface area contributed by atoms with E-state index in [0.29, 0.717) is 25.0 Å². The molecule has 0 amide bonds. The maximum Gasteiger partial charge on any atom is 0.213 e. The summed E-state index contributed by atoms with van der Waals surface area (Å²) >= 11 is 1.69. The zero-order valence-electron chi connectivity index (χ0n) is 15.6. The van der Waals surface area contributed by atoms with Crippen molar-refractivity contribution in [1.82, 2.24) is 15.0 Å². The molecule has 0 aromatic carbocycles. The predicted molar refractivity (Wildman–Crippen MR) is 108 cm³/mol. The third kappa shape index (κ3) is 6.25. The first-order valence-corrected chi connectivity index (χ1v) is 10.1. The number of aryl methyl sites for hydroxylation is 1. The Hall–Kier alpha value is -2.60. The summed E-state index contributed by atoms with van der Waals surface area (Å²) in [6.45, 7) is 3.08. The Morgan fingerprint density at radius 3 is 2.56 bits per heavy atom. The fourth-order valence-electron chi connectivity index (χ4n) is 2.54. The molecule has 3 aromatic heterocycles. The Bertz CT molecular complexity index is 873. The summed E-state index contributed by atoms with van der Waals surface area (Å²) in [5.74, 6) is 1.29. The maximum absolute atomic E-state index is 5.81. The van der Waals surface area contributed by atoms with Gasteiger partial charge in [0, 0.05) is 54.2 Å². The fraction of sp³-hybridized carbons (Fsp3) is 0.286. The van der Waals surface area contributed by atoms with Gasteiger partial charge in [0.15, 0.2) is 0 Å². The van der Waals surface area contributed by atoms with E-state index in [9.17, 15) is 0 Å². The van der Waals surface area contributed by atoms with Crippen molar-refractivity contribution >= 4 is 11.8 Å². The summed E-state index contributed by atoms with van der Waals surface area (Å²) in [4.78, 5) is 14.0. The number of hydrogen-bond donors (Lipinski definition) is 0. The van der Waals surface area contributed by atoms with Gasteiger partial charge in [-0.25, -0.2) is 9.97 Å². The Balaban J connectivity index is 1.46. The summed E-state index contributed by atoms with van der Waals surface area (Å²) < 4.78 is 11.5. The predicted octanol–water partition coefficient (Wildman–Crippen LogP) is 4.14. The zero-order valence-corrected chi connectivity index (χ0v) is 16.4. The maximum atomic E-state index is 5.81. The molecule has 0 unspecified atom stereocenters. The van der Waals surface area contributed by atoms with E-state index in [0.717, 1.165) is 34.6 Å². The summed E-state index contributed by atoms with van der Waals surface area (Å²) in [5, 5.41) is 0. The molecule has 0 saturated carbocycles. The van der Waals surface area contributed by atoms with Gasteiger partial charge in [0.25, 0.3) is 0 Å². The van der Waals surface area contributed by atoms with Crippen molar-refractivity contribution in [2.24, 2.45) is 0 Å². The lowest BCUT2D eigenvalue weighted by molar-refractivity contribution is 0.303. The Morgan fingerprint density at radius 2 is 1.74 bits per heavy atom. The highest BCUT2D eigenvalue weighted by Gasteiger charge is 2.02. The van der Waals surface area contributed by atoms with Crippen molar-refractivity contribution in [2.75, 3.05) is 19.5 Å². The van der Waals surface area contributed by atoms with Crippen molar-refractivity contribution in [3.63, 3.8) is 0 Å². The van der Waals surface area contributed by atoms with Crippen LogP contribution in [-0.4, -0.2) is 34.4 Å². The lowest BCUT2D eigenvalue weighted by Crippen LogP contribution is -2.05. The Labute approximate surface area is 164 Å². The molecule has 0 saturated heterocycles. The van der Waals surface area contributed by atoms with Crippen LogP contribution in [0.25, 0.3) is 0 Å². The average Bonchev–Trinajstić information content (AvgIpc) is 2.69. The molecular formula is C21H23N3O2S. The first-order chi connectivity index (χ1) is 13.2. The lowest BCUT2D eigenvalue weighted by Gasteiger charge is -2.08. The van der Waals surface area contributed by atoms with E-state index >= 15 is 0 Å². The minimum atomic E-state index is 0.563. The number of nitrogens with zero attached hydrogens (tertiary/aromatic N) is 3. The van der Waals surface area contributed by atoms with Crippen molar-refractivity contribution in [1.29, 1.82) is 0 Å². The van der Waals surface area contributed by atoms with E-state index in [1.807, 2.05) is 55.9 Å². The van der Waals surface area contributed by atoms with Gasteiger partial charge < -0.3 is 9.47 Å². The minimum Gasteiger partial charge on any atom is -0.477 e. The summed E-state index contributed by atoms with van der Waals surface area (Å²) in [7, 11) is 0. The van der Waals surface area contributed by atoms with Crippen LogP contribution < -0.4 is 9.47 Å². The van der Waals surface area contributed by atoms with Gasteiger partial charge in [0.1, 0.15) is 0 Å². The van der Waals surface area contributed by atoms with Crippen LogP contribution in [-0.2, 0) is 12.8 Å². The fourth-order valence-corrected chi connectivity index (χ4v) is 2.98.